The summed E-state index contributed by atoms with van der Waals surface area (Å²) in [6.45, 7) is 6.09. The molecule has 6 aromatic rings. The third-order valence-electron chi connectivity index (χ3n) is 24.8. The zero-order valence-corrected chi connectivity index (χ0v) is 78.5. The van der Waals surface area contributed by atoms with Crippen molar-refractivity contribution in [2.45, 2.75) is 241 Å². The summed E-state index contributed by atoms with van der Waals surface area (Å²) >= 11 is 0.769. The fourth-order valence-corrected chi connectivity index (χ4v) is 18.4. The Bertz CT molecular complexity index is 5450. The molecule has 4 aliphatic heterocycles. The number of primary amides is 2. The highest BCUT2D eigenvalue weighted by Gasteiger charge is 2.48. The van der Waals surface area contributed by atoms with Crippen molar-refractivity contribution in [2.24, 2.45) is 23.1 Å². The molecule has 7 heterocycles. The van der Waals surface area contributed by atoms with Crippen LogP contribution in [0.4, 0.5) is 5.69 Å². The van der Waals surface area contributed by atoms with Gasteiger partial charge >= 0.3 is 0 Å². The molecule has 23 N–H and O–H groups in total. The maximum Gasteiger partial charge on any atom is 0.250 e. The highest BCUT2D eigenvalue weighted by molar-refractivity contribution is 8.00. The van der Waals surface area contributed by atoms with Gasteiger partial charge in [-0.3, -0.25) is 91.8 Å². The van der Waals surface area contributed by atoms with Gasteiger partial charge in [-0.25, -0.2) is 4.98 Å². The van der Waals surface area contributed by atoms with E-state index in [1.54, 1.807) is 74.8 Å². The molecule has 3 fully saturated rings. The average Bonchev–Trinajstić information content (AvgIpc) is 1.56. The fraction of sp³-hybridized carbons (Fsp3) is 0.522. The number of carbonyl (C=O) groups excluding carboxylic acids is 17. The van der Waals surface area contributed by atoms with Crippen LogP contribution in [0.15, 0.2) is 91.6 Å². The molecule has 0 radical (unpaired) electrons. The van der Waals surface area contributed by atoms with Crippen molar-refractivity contribution >= 4 is 146 Å². The van der Waals surface area contributed by atoms with Gasteiger partial charge in [-0.1, -0.05) is 89.8 Å². The topological polar surface area (TPSA) is 665 Å². The smallest absolute Gasteiger partial charge is 0.250 e. The van der Waals surface area contributed by atoms with E-state index in [1.165, 1.54) is 51.7 Å². The summed E-state index contributed by atoms with van der Waals surface area (Å²) in [4.78, 5) is 270. The Morgan fingerprint density at radius 3 is 1.80 bits per heavy atom. The molecule has 15 atom stereocenters. The number of nitrogens with two attached hydrogens (primary N) is 3. The molecule has 3 aromatic carbocycles. The fourth-order valence-electron chi connectivity index (χ4n) is 17.5. The number of anilines is 1. The van der Waals surface area contributed by atoms with Crippen LogP contribution >= 0.6 is 11.8 Å². The van der Waals surface area contributed by atoms with E-state index >= 15 is 52.7 Å². The van der Waals surface area contributed by atoms with Gasteiger partial charge in [-0.2, -0.15) is 5.26 Å². The normalized spacial score (nSPS) is 24.7. The molecule has 4 aliphatic rings. The van der Waals surface area contributed by atoms with E-state index < -0.39 is 248 Å². The SMILES string of the molecule is CCCC[C@H]1C(=O)N(C)[C@@H](CCCC)C(=O)N[C@@H](CCCNC(=N)N)C(=O)N[C@H](C(=O)NCC(N)=O)CSCC(=O)N[C@H]2Cc3cc(C#N)ccc3N(C2=O)[C@@H](C)C(=O)N[C@@H](CCC(N)=O)C(=O)N2CCC[C@H]2C(=O)N[C@@H](Cc2cnc[nH]2)C(=O)N[C@@H](CC(C)C)C(=O)N2C[C@H](O)CC2C(=O)N[C@@H](Cc2c[nH]c3ccccc23)C(=O)N[C@@H](CO)C(=O)N[C@@H](Cc2c[nH]c3ccccc23)C(=O)N1C. The second-order valence-electron chi connectivity index (χ2n) is 35.4. The number of nitrogens with zero attached hydrogens (tertiary/aromatic N) is 7. The second kappa shape index (κ2) is 49.5. The molecule has 0 saturated carbocycles. The number of aliphatic hydroxyl groups excluding tert-OH is 2. The number of nitriles is 1. The van der Waals surface area contributed by atoms with Crippen molar-refractivity contribution in [2.75, 3.05) is 63.3 Å². The van der Waals surface area contributed by atoms with Crippen LogP contribution in [0.1, 0.15) is 152 Å². The van der Waals surface area contributed by atoms with Crippen LogP contribution in [-0.4, -0.2) is 305 Å². The number of likely N-dealkylation sites (N-methyl/N-ethyl adjacent to an activating group) is 2. The van der Waals surface area contributed by atoms with Crippen LogP contribution in [0.3, 0.4) is 0 Å². The molecule has 10 rings (SSSR count). The van der Waals surface area contributed by atoms with Gasteiger partial charge in [-0.05, 0) is 111 Å². The Balaban J connectivity index is 1.03. The van der Waals surface area contributed by atoms with E-state index in [9.17, 15) is 44.2 Å². The third kappa shape index (κ3) is 27.9. The first-order valence-corrected chi connectivity index (χ1v) is 47.2. The summed E-state index contributed by atoms with van der Waals surface area (Å²) in [5, 5.41) is 71.2. The van der Waals surface area contributed by atoms with Crippen LogP contribution < -0.4 is 80.6 Å². The Morgan fingerprint density at radius 2 is 1.18 bits per heavy atom. The molecule has 45 heteroatoms. The number of aliphatic hydroxyl groups is 2. The lowest BCUT2D eigenvalue weighted by Crippen LogP contribution is -2.62. The Hall–Kier alpha value is -14.0. The zero-order chi connectivity index (χ0) is 99.6. The number of amides is 17. The maximum atomic E-state index is 15.8. The van der Waals surface area contributed by atoms with Crippen molar-refractivity contribution in [3.8, 4) is 6.07 Å². The highest BCUT2D eigenvalue weighted by Crippen LogP contribution is 2.33. The standard InChI is InChI=1S/C92H125N25O19S/c1-8-10-23-71-84(129)105-61(22-16-30-99-92(96)97)80(125)112-69(79(124)102-43-76(95)121)46-137-47-77(122)104-67-34-52-33-51(39-93)26-28-70(52)117(90(67)135)50(5)78(123)106-62(27-29-75(94)120)88(133)115-31-17-25-72(115)85(130)108-64(37-55-42-98-48-103-55)82(127)109-65(32-49(3)4)89(134)116-44-56(119)38-74(116)86(131)107-63(35-53-40-100-59-20-14-12-18-57(53)59)81(126)111-68(45-118)83(128)110-66(36-54-41-101-60-21-15-13-19-58(54)60)87(132)114(7)73(24-11-9-2)91(136)113(71)6/h12-15,18-21,26,28,33,40-42,48-50,56,61-69,71-74,100-101,118-119H,8-11,16-17,22-25,27,29-32,34-38,43-47H2,1-7H3,(H2,94,120)(H2,95,121)(H,98,103)(H,102,124)(H,104,122)(H,105,129)(H,106,123)(H,107,131)(H,108,130)(H,109,127)(H,110,128)(H,111,126)(H,112,125)(H4,96,97,99)/t50-,56+,61-,62-,63-,64-,65-,66-,67-,68-,69-,71-,72-,73-,74?/m0/s1. The predicted octanol–water partition coefficient (Wildman–Crippen LogP) is -2.48. The molecule has 44 nitrogen and oxygen atoms in total. The van der Waals surface area contributed by atoms with E-state index in [0.29, 0.717) is 69.9 Å². The minimum atomic E-state index is -1.89. The minimum Gasteiger partial charge on any atom is -0.394 e. The first-order chi connectivity index (χ1) is 65.4. The van der Waals surface area contributed by atoms with E-state index in [1.807, 2.05) is 19.9 Å². The van der Waals surface area contributed by atoms with Crippen LogP contribution in [0.25, 0.3) is 21.8 Å². The van der Waals surface area contributed by atoms with Gasteiger partial charge in [0.05, 0.1) is 43.0 Å². The Kier molecular flexibility index (Phi) is 37.9. The van der Waals surface area contributed by atoms with Crippen LogP contribution in [0, 0.1) is 22.7 Å². The summed E-state index contributed by atoms with van der Waals surface area (Å²) in [5.41, 5.74) is 19.9. The number of nitrogens with one attached hydrogen (secondary N) is 15. The number of para-hydroxylation sites is 2. The van der Waals surface area contributed by atoms with Gasteiger partial charge in [-0.15, -0.1) is 11.8 Å². The van der Waals surface area contributed by atoms with Crippen molar-refractivity contribution in [1.29, 1.82) is 10.7 Å². The first kappa shape index (κ1) is 105. The quantitative estimate of drug-likeness (QED) is 0.0160. The number of aromatic amines is 3. The molecule has 1 unspecified atom stereocenters. The summed E-state index contributed by atoms with van der Waals surface area (Å²) in [5.74, 6) is -17.5. The molecule has 17 amide bonds. The van der Waals surface area contributed by atoms with Crippen LogP contribution in [-0.2, 0) is 107 Å². The van der Waals surface area contributed by atoms with Crippen molar-refractivity contribution < 1.29 is 91.7 Å². The molecule has 3 saturated heterocycles. The number of unbranched alkanes of at least 4 members (excludes halogenated alkanes) is 2. The number of fused-ring (bicyclic) bond motifs is 8. The maximum absolute atomic E-state index is 15.8. The summed E-state index contributed by atoms with van der Waals surface area (Å²) in [7, 11) is 2.69. The number of thioether (sulfide) groups is 1. The molecular formula is C92H125N25O19S. The molecule has 738 valence electrons. The number of guanidine groups is 1. The number of rotatable bonds is 25. The third-order valence-corrected chi connectivity index (χ3v) is 25.8. The van der Waals surface area contributed by atoms with E-state index in [-0.39, 0.29) is 101 Å². The predicted molar refractivity (Wildman–Crippen MR) is 502 cm³/mol. The summed E-state index contributed by atoms with van der Waals surface area (Å²) < 4.78 is 0. The van der Waals surface area contributed by atoms with Gasteiger partial charge in [0.2, 0.25) is 94.5 Å². The molecule has 3 aromatic heterocycles. The van der Waals surface area contributed by atoms with Gasteiger partial charge < -0.3 is 120 Å². The van der Waals surface area contributed by atoms with Crippen molar-refractivity contribution in [3.05, 3.63) is 120 Å². The van der Waals surface area contributed by atoms with E-state index in [0.717, 1.165) is 36.3 Å². The lowest BCUT2D eigenvalue weighted by atomic mass is 9.94. The number of imidazole rings is 1. The lowest BCUT2D eigenvalue weighted by molar-refractivity contribution is -0.149. The highest BCUT2D eigenvalue weighted by atomic mass is 32.2. The van der Waals surface area contributed by atoms with Gasteiger partial charge in [0, 0.05) is 130 Å². The second-order valence-corrected chi connectivity index (χ2v) is 36.4. The molecule has 137 heavy (non-hydrogen) atoms. The number of hydrogen-bond acceptors (Lipinski definition) is 23. The largest absolute Gasteiger partial charge is 0.394 e. The summed E-state index contributed by atoms with van der Waals surface area (Å²) in [6, 6.07) is -1.35. The first-order valence-electron chi connectivity index (χ1n) is 46.0. The van der Waals surface area contributed by atoms with Gasteiger partial charge in [0.1, 0.15) is 84.6 Å². The number of hydrogen-bond donors (Lipinski definition) is 20. The van der Waals surface area contributed by atoms with Gasteiger partial charge in [0.15, 0.2) is 5.96 Å². The summed E-state index contributed by atoms with van der Waals surface area (Å²) in [6.07, 6.45) is 3.65. The monoisotopic (exact) mass is 1920 g/mol. The molecular weight excluding hydrogens is 1790 g/mol. The number of benzene rings is 3. The Labute approximate surface area is 795 Å². The van der Waals surface area contributed by atoms with Crippen LogP contribution in [0.2, 0.25) is 0 Å². The Morgan fingerprint density at radius 1 is 0.606 bits per heavy atom. The number of aromatic nitrogens is 4. The molecule has 2 bridgehead atoms. The number of carbonyl (C=O) groups is 17. The van der Waals surface area contributed by atoms with Crippen LogP contribution in [0.5, 0.6) is 0 Å². The van der Waals surface area contributed by atoms with Gasteiger partial charge in [0.25, 0.3) is 5.91 Å². The zero-order valence-electron chi connectivity index (χ0n) is 77.7. The lowest BCUT2D eigenvalue weighted by Gasteiger charge is -2.38. The number of H-pyrrole nitrogens is 3. The van der Waals surface area contributed by atoms with E-state index in [4.69, 9.17) is 22.6 Å². The average molecular weight is 1920 g/mol. The van der Waals surface area contributed by atoms with Crippen molar-refractivity contribution in [3.63, 3.8) is 0 Å². The van der Waals surface area contributed by atoms with Crippen molar-refractivity contribution in [1.82, 2.24) is 98.0 Å². The molecule has 0 spiro atoms. The molecule has 0 aliphatic carbocycles. The minimum absolute atomic E-state index is 0.00104. The van der Waals surface area contributed by atoms with E-state index in [2.05, 4.69) is 78.4 Å².